The normalized spacial score (nSPS) is 20.2. The number of halogens is 1. The van der Waals surface area contributed by atoms with Gasteiger partial charge in [-0.2, -0.15) is 0 Å². The van der Waals surface area contributed by atoms with Crippen molar-refractivity contribution in [1.29, 1.82) is 0 Å². The summed E-state index contributed by atoms with van der Waals surface area (Å²) in [6.45, 7) is 2.33. The van der Waals surface area contributed by atoms with Gasteiger partial charge in [0.1, 0.15) is 18.2 Å². The van der Waals surface area contributed by atoms with Gasteiger partial charge in [-0.25, -0.2) is 9.18 Å². The Kier molecular flexibility index (Phi) is 4.69. The summed E-state index contributed by atoms with van der Waals surface area (Å²) in [7, 11) is 0. The maximum atomic E-state index is 13.2. The lowest BCUT2D eigenvalue weighted by molar-refractivity contribution is 0.186. The van der Waals surface area contributed by atoms with Crippen LogP contribution in [0.25, 0.3) is 0 Å². The lowest BCUT2D eigenvalue weighted by Gasteiger charge is -2.27. The molecular formula is C19H21FN2O2. The van der Waals surface area contributed by atoms with Crippen LogP contribution in [0.5, 0.6) is 5.75 Å². The van der Waals surface area contributed by atoms with Crippen molar-refractivity contribution in [2.24, 2.45) is 5.73 Å². The van der Waals surface area contributed by atoms with Crippen LogP contribution in [0.2, 0.25) is 0 Å². The zero-order valence-electron chi connectivity index (χ0n) is 13.6. The van der Waals surface area contributed by atoms with Crippen molar-refractivity contribution in [1.82, 2.24) is 4.90 Å². The summed E-state index contributed by atoms with van der Waals surface area (Å²) in [6, 6.07) is 13.8. The predicted octanol–water partition coefficient (Wildman–Crippen LogP) is 4.01. The molecule has 0 aliphatic carbocycles. The molecule has 2 aromatic rings. The monoisotopic (exact) mass is 328 g/mol. The highest BCUT2D eigenvalue weighted by atomic mass is 19.1. The largest absolute Gasteiger partial charge is 0.489 e. The standard InChI is InChI=1S/C19H21FN2O2/c1-13-5-10-18(22(13)19(21)23)15-6-8-17(9-7-15)24-12-14-3-2-4-16(20)11-14/h2-4,6-9,11,13,18H,5,10,12H2,1H3,(H2,21,23)/t13?,18-/m1/s1. The molecule has 1 aliphatic rings. The van der Waals surface area contributed by atoms with Crippen LogP contribution in [0.15, 0.2) is 48.5 Å². The van der Waals surface area contributed by atoms with Gasteiger partial charge in [0, 0.05) is 6.04 Å². The van der Waals surface area contributed by atoms with E-state index >= 15 is 0 Å². The van der Waals surface area contributed by atoms with E-state index in [1.165, 1.54) is 12.1 Å². The van der Waals surface area contributed by atoms with Gasteiger partial charge in [0.15, 0.2) is 0 Å². The maximum Gasteiger partial charge on any atom is 0.315 e. The first-order valence-electron chi connectivity index (χ1n) is 8.09. The van der Waals surface area contributed by atoms with Crippen molar-refractivity contribution in [2.45, 2.75) is 38.5 Å². The first-order chi connectivity index (χ1) is 11.5. The number of urea groups is 1. The van der Waals surface area contributed by atoms with Crippen molar-refractivity contribution in [2.75, 3.05) is 0 Å². The molecule has 1 unspecified atom stereocenters. The number of rotatable bonds is 4. The maximum absolute atomic E-state index is 13.2. The molecule has 1 heterocycles. The van der Waals surface area contributed by atoms with Gasteiger partial charge in [-0.3, -0.25) is 0 Å². The van der Waals surface area contributed by atoms with Crippen molar-refractivity contribution in [3.63, 3.8) is 0 Å². The third-order valence-corrected chi connectivity index (χ3v) is 4.48. The molecule has 126 valence electrons. The molecule has 3 rings (SSSR count). The molecule has 4 nitrogen and oxygen atoms in total. The third kappa shape index (κ3) is 3.50. The molecule has 2 atom stereocenters. The second kappa shape index (κ2) is 6.91. The molecule has 0 spiro atoms. The van der Waals surface area contributed by atoms with Crippen molar-refractivity contribution >= 4 is 6.03 Å². The molecule has 1 fully saturated rings. The number of hydrogen-bond acceptors (Lipinski definition) is 2. The van der Waals surface area contributed by atoms with Crippen LogP contribution in [0.3, 0.4) is 0 Å². The summed E-state index contributed by atoms with van der Waals surface area (Å²) >= 11 is 0. The smallest absolute Gasteiger partial charge is 0.315 e. The van der Waals surface area contributed by atoms with Crippen molar-refractivity contribution < 1.29 is 13.9 Å². The Hall–Kier alpha value is -2.56. The molecule has 0 saturated carbocycles. The van der Waals surface area contributed by atoms with Crippen LogP contribution >= 0.6 is 0 Å². The van der Waals surface area contributed by atoms with E-state index in [2.05, 4.69) is 0 Å². The predicted molar refractivity (Wildman–Crippen MR) is 90.0 cm³/mol. The van der Waals surface area contributed by atoms with Crippen LogP contribution in [0.1, 0.15) is 36.9 Å². The van der Waals surface area contributed by atoms with Gasteiger partial charge in [0.25, 0.3) is 0 Å². The molecule has 0 aromatic heterocycles. The average molecular weight is 328 g/mol. The van der Waals surface area contributed by atoms with Crippen LogP contribution in [0.4, 0.5) is 9.18 Å². The number of nitrogens with two attached hydrogens (primary N) is 1. The highest BCUT2D eigenvalue weighted by Gasteiger charge is 2.33. The van der Waals surface area contributed by atoms with E-state index in [1.54, 1.807) is 11.0 Å². The fourth-order valence-electron chi connectivity index (χ4n) is 3.26. The van der Waals surface area contributed by atoms with Crippen molar-refractivity contribution in [3.8, 4) is 5.75 Å². The van der Waals surface area contributed by atoms with Gasteiger partial charge in [0.05, 0.1) is 6.04 Å². The summed E-state index contributed by atoms with van der Waals surface area (Å²) in [5.74, 6) is 0.438. The summed E-state index contributed by atoms with van der Waals surface area (Å²) in [4.78, 5) is 13.4. The Morgan fingerprint density at radius 2 is 2.00 bits per heavy atom. The third-order valence-electron chi connectivity index (χ3n) is 4.48. The first-order valence-corrected chi connectivity index (χ1v) is 8.09. The van der Waals surface area contributed by atoms with E-state index < -0.39 is 0 Å². The Labute approximate surface area is 141 Å². The van der Waals surface area contributed by atoms with E-state index in [-0.39, 0.29) is 23.9 Å². The van der Waals surface area contributed by atoms with E-state index in [4.69, 9.17) is 10.5 Å². The average Bonchev–Trinajstić information content (AvgIpc) is 2.95. The number of benzene rings is 2. The van der Waals surface area contributed by atoms with Crippen molar-refractivity contribution in [3.05, 3.63) is 65.5 Å². The molecule has 0 radical (unpaired) electrons. The zero-order valence-corrected chi connectivity index (χ0v) is 13.6. The fourth-order valence-corrected chi connectivity index (χ4v) is 3.26. The number of likely N-dealkylation sites (tertiary alicyclic amines) is 1. The molecule has 5 heteroatoms. The van der Waals surface area contributed by atoms with Crippen LogP contribution in [-0.4, -0.2) is 17.0 Å². The molecule has 2 aromatic carbocycles. The zero-order chi connectivity index (χ0) is 17.1. The summed E-state index contributed by atoms with van der Waals surface area (Å²) in [5, 5.41) is 0. The second-order valence-corrected chi connectivity index (χ2v) is 6.18. The molecule has 2 N–H and O–H groups in total. The van der Waals surface area contributed by atoms with Gasteiger partial charge in [-0.15, -0.1) is 0 Å². The quantitative estimate of drug-likeness (QED) is 0.922. The lowest BCUT2D eigenvalue weighted by atomic mass is 10.0. The van der Waals surface area contributed by atoms with Gasteiger partial charge < -0.3 is 15.4 Å². The van der Waals surface area contributed by atoms with Gasteiger partial charge in [0.2, 0.25) is 0 Å². The Morgan fingerprint density at radius 3 is 2.67 bits per heavy atom. The van der Waals surface area contributed by atoms with Gasteiger partial charge >= 0.3 is 6.03 Å². The lowest BCUT2D eigenvalue weighted by Crippen LogP contribution is -2.39. The summed E-state index contributed by atoms with van der Waals surface area (Å²) < 4.78 is 18.8. The van der Waals surface area contributed by atoms with E-state index in [0.29, 0.717) is 12.4 Å². The number of nitrogens with zero attached hydrogens (tertiary/aromatic N) is 1. The van der Waals surface area contributed by atoms with E-state index in [0.717, 1.165) is 24.0 Å². The molecule has 1 saturated heterocycles. The SMILES string of the molecule is CC1CC[C@H](c2ccc(OCc3cccc(F)c3)cc2)N1C(N)=O. The first kappa shape index (κ1) is 16.3. The molecular weight excluding hydrogens is 307 g/mol. The number of hydrogen-bond donors (Lipinski definition) is 1. The highest BCUT2D eigenvalue weighted by Crippen LogP contribution is 2.36. The summed E-state index contributed by atoms with van der Waals surface area (Å²) in [5.41, 5.74) is 7.33. The van der Waals surface area contributed by atoms with Gasteiger partial charge in [-0.05, 0) is 55.2 Å². The minimum absolute atomic E-state index is 0.0229. The van der Waals surface area contributed by atoms with Gasteiger partial charge in [-0.1, -0.05) is 24.3 Å². The molecule has 2 amide bonds. The molecule has 0 bridgehead atoms. The van der Waals surface area contributed by atoms with E-state index in [9.17, 15) is 9.18 Å². The highest BCUT2D eigenvalue weighted by molar-refractivity contribution is 5.73. The Balaban J connectivity index is 1.66. The number of carbonyl (C=O) groups excluding carboxylic acids is 1. The van der Waals surface area contributed by atoms with Crippen LogP contribution < -0.4 is 10.5 Å². The minimum atomic E-state index is -0.378. The Bertz CT molecular complexity index is 718. The number of primary amides is 1. The topological polar surface area (TPSA) is 55.6 Å². The number of carbonyl (C=O) groups is 1. The second-order valence-electron chi connectivity index (χ2n) is 6.18. The summed E-state index contributed by atoms with van der Waals surface area (Å²) in [6.07, 6.45) is 1.86. The number of amides is 2. The molecule has 24 heavy (non-hydrogen) atoms. The Morgan fingerprint density at radius 1 is 1.25 bits per heavy atom. The minimum Gasteiger partial charge on any atom is -0.489 e. The fraction of sp³-hybridized carbons (Fsp3) is 0.316. The van der Waals surface area contributed by atoms with Crippen LogP contribution in [-0.2, 0) is 6.61 Å². The number of ether oxygens (including phenoxy) is 1. The van der Waals surface area contributed by atoms with E-state index in [1.807, 2.05) is 37.3 Å². The van der Waals surface area contributed by atoms with Crippen LogP contribution in [0, 0.1) is 5.82 Å². The molecule has 1 aliphatic heterocycles.